The molecule has 1 aliphatic rings. The molecule has 1 amide bonds. The second-order valence-corrected chi connectivity index (χ2v) is 4.22. The minimum Gasteiger partial charge on any atom is -0.504 e. The summed E-state index contributed by atoms with van der Waals surface area (Å²) >= 11 is 0. The molecule has 0 radical (unpaired) electrons. The molecular weight excluding hydrogens is 234 g/mol. The molecule has 0 spiro atoms. The molecule has 1 N–H and O–H groups in total. The summed E-state index contributed by atoms with van der Waals surface area (Å²) in [6, 6.07) is 4.55. The molecule has 96 valence electrons. The zero-order chi connectivity index (χ0) is 13.1. The Morgan fingerprint density at radius 1 is 1.33 bits per heavy atom. The van der Waals surface area contributed by atoms with Crippen molar-refractivity contribution in [3.63, 3.8) is 0 Å². The van der Waals surface area contributed by atoms with Crippen molar-refractivity contribution in [2.75, 3.05) is 20.2 Å². The Kier molecular flexibility index (Phi) is 3.50. The maximum atomic E-state index is 12.1. The van der Waals surface area contributed by atoms with E-state index in [4.69, 9.17) is 4.74 Å². The summed E-state index contributed by atoms with van der Waals surface area (Å²) in [5.74, 6) is 0.300. The van der Waals surface area contributed by atoms with E-state index in [9.17, 15) is 14.7 Å². The van der Waals surface area contributed by atoms with Gasteiger partial charge in [0.1, 0.15) is 5.78 Å². The number of piperidine rings is 1. The van der Waals surface area contributed by atoms with Crippen LogP contribution in [-0.2, 0) is 4.79 Å². The summed E-state index contributed by atoms with van der Waals surface area (Å²) in [4.78, 5) is 24.9. The van der Waals surface area contributed by atoms with Crippen LogP contribution in [0.3, 0.4) is 0 Å². The molecule has 2 rings (SSSR count). The average Bonchev–Trinajstić information content (AvgIpc) is 2.38. The average molecular weight is 249 g/mol. The molecule has 0 aliphatic carbocycles. The lowest BCUT2D eigenvalue weighted by Crippen LogP contribution is -2.38. The number of carbonyl (C=O) groups excluding carboxylic acids is 2. The zero-order valence-electron chi connectivity index (χ0n) is 10.2. The zero-order valence-corrected chi connectivity index (χ0v) is 10.2. The molecule has 5 nitrogen and oxygen atoms in total. The summed E-state index contributed by atoms with van der Waals surface area (Å²) in [5.41, 5.74) is 0.405. The molecule has 0 bridgehead atoms. The summed E-state index contributed by atoms with van der Waals surface area (Å²) in [5, 5.41) is 9.63. The van der Waals surface area contributed by atoms with Crippen molar-refractivity contribution >= 4 is 11.7 Å². The van der Waals surface area contributed by atoms with Crippen molar-refractivity contribution in [1.29, 1.82) is 0 Å². The van der Waals surface area contributed by atoms with Crippen LogP contribution in [-0.4, -0.2) is 41.9 Å². The molecule has 1 aromatic rings. The standard InChI is InChI=1S/C13H15NO4/c1-18-12-3-2-9(8-11(12)16)13(17)14-6-4-10(15)5-7-14/h2-3,8,16H,4-7H2,1H3. The van der Waals surface area contributed by atoms with Crippen LogP contribution in [0.2, 0.25) is 0 Å². The van der Waals surface area contributed by atoms with Gasteiger partial charge < -0.3 is 14.7 Å². The molecule has 18 heavy (non-hydrogen) atoms. The third-order valence-electron chi connectivity index (χ3n) is 3.03. The number of likely N-dealkylation sites (tertiary alicyclic amines) is 1. The van der Waals surface area contributed by atoms with Crippen molar-refractivity contribution in [3.05, 3.63) is 23.8 Å². The van der Waals surface area contributed by atoms with Gasteiger partial charge in [0.15, 0.2) is 11.5 Å². The molecule has 5 heteroatoms. The molecular formula is C13H15NO4. The van der Waals surface area contributed by atoms with E-state index in [1.54, 1.807) is 17.0 Å². The highest BCUT2D eigenvalue weighted by Crippen LogP contribution is 2.27. The van der Waals surface area contributed by atoms with Gasteiger partial charge in [-0.3, -0.25) is 9.59 Å². The fourth-order valence-electron chi connectivity index (χ4n) is 1.96. The number of ether oxygens (including phenoxy) is 1. The van der Waals surface area contributed by atoms with E-state index in [0.717, 1.165) is 0 Å². The molecule has 1 saturated heterocycles. The second-order valence-electron chi connectivity index (χ2n) is 4.22. The molecule has 1 aliphatic heterocycles. The molecule has 0 saturated carbocycles. The Bertz CT molecular complexity index is 474. The van der Waals surface area contributed by atoms with Crippen LogP contribution >= 0.6 is 0 Å². The number of nitrogens with zero attached hydrogens (tertiary/aromatic N) is 1. The highest BCUT2D eigenvalue weighted by molar-refractivity contribution is 5.96. The fourth-order valence-corrected chi connectivity index (χ4v) is 1.96. The number of phenols is 1. The summed E-state index contributed by atoms with van der Waals surface area (Å²) in [6.45, 7) is 0.898. The van der Waals surface area contributed by atoms with Gasteiger partial charge >= 0.3 is 0 Å². The van der Waals surface area contributed by atoms with Crippen LogP contribution in [0.15, 0.2) is 18.2 Å². The molecule has 1 fully saturated rings. The number of hydrogen-bond acceptors (Lipinski definition) is 4. The summed E-state index contributed by atoms with van der Waals surface area (Å²) in [6.07, 6.45) is 0.821. The lowest BCUT2D eigenvalue weighted by Gasteiger charge is -2.26. The normalized spacial score (nSPS) is 15.6. The highest BCUT2D eigenvalue weighted by atomic mass is 16.5. The first-order valence-corrected chi connectivity index (χ1v) is 5.80. The van der Waals surface area contributed by atoms with Gasteiger partial charge in [-0.2, -0.15) is 0 Å². The fraction of sp³-hybridized carbons (Fsp3) is 0.385. The lowest BCUT2D eigenvalue weighted by molar-refractivity contribution is -0.120. The third kappa shape index (κ3) is 2.45. The van der Waals surface area contributed by atoms with Crippen molar-refractivity contribution in [2.24, 2.45) is 0 Å². The monoisotopic (exact) mass is 249 g/mol. The molecule has 0 aromatic heterocycles. The van der Waals surface area contributed by atoms with Gasteiger partial charge in [0.25, 0.3) is 5.91 Å². The van der Waals surface area contributed by atoms with E-state index in [2.05, 4.69) is 0 Å². The van der Waals surface area contributed by atoms with Crippen LogP contribution in [0.5, 0.6) is 11.5 Å². The Hall–Kier alpha value is -2.04. The quantitative estimate of drug-likeness (QED) is 0.855. The predicted molar refractivity (Wildman–Crippen MR) is 64.8 cm³/mol. The first-order valence-electron chi connectivity index (χ1n) is 5.80. The lowest BCUT2D eigenvalue weighted by atomic mass is 10.1. The van der Waals surface area contributed by atoms with Gasteiger partial charge in [0.05, 0.1) is 7.11 Å². The smallest absolute Gasteiger partial charge is 0.254 e. The van der Waals surface area contributed by atoms with Gasteiger partial charge in [-0.05, 0) is 18.2 Å². The number of ketones is 1. The Balaban J connectivity index is 2.13. The molecule has 1 heterocycles. The minimum atomic E-state index is -0.166. The van der Waals surface area contributed by atoms with Crippen LogP contribution in [0, 0.1) is 0 Å². The number of phenolic OH excluding ortho intramolecular Hbond substituents is 1. The Labute approximate surface area is 105 Å². The minimum absolute atomic E-state index is 0.0589. The van der Waals surface area contributed by atoms with Gasteiger partial charge in [-0.15, -0.1) is 0 Å². The van der Waals surface area contributed by atoms with E-state index in [0.29, 0.717) is 37.2 Å². The van der Waals surface area contributed by atoms with Crippen LogP contribution < -0.4 is 4.74 Å². The summed E-state index contributed by atoms with van der Waals surface area (Å²) in [7, 11) is 1.45. The first-order chi connectivity index (χ1) is 8.61. The van der Waals surface area contributed by atoms with Gasteiger partial charge in [0, 0.05) is 31.5 Å². The van der Waals surface area contributed by atoms with Crippen LogP contribution in [0.4, 0.5) is 0 Å². The Morgan fingerprint density at radius 2 is 2.00 bits per heavy atom. The number of Topliss-reactive ketones (excluding diaryl/α,β-unsaturated/α-hetero) is 1. The number of amides is 1. The Morgan fingerprint density at radius 3 is 2.56 bits per heavy atom. The van der Waals surface area contributed by atoms with Gasteiger partial charge in [0.2, 0.25) is 0 Å². The predicted octanol–water partition coefficient (Wildman–Crippen LogP) is 1.21. The SMILES string of the molecule is COc1ccc(C(=O)N2CCC(=O)CC2)cc1O. The number of aromatic hydroxyl groups is 1. The third-order valence-corrected chi connectivity index (χ3v) is 3.03. The maximum Gasteiger partial charge on any atom is 0.254 e. The maximum absolute atomic E-state index is 12.1. The van der Waals surface area contributed by atoms with Gasteiger partial charge in [-0.1, -0.05) is 0 Å². The number of carbonyl (C=O) groups is 2. The number of benzene rings is 1. The number of hydrogen-bond donors (Lipinski definition) is 1. The molecule has 1 aromatic carbocycles. The molecule has 0 atom stereocenters. The van der Waals surface area contributed by atoms with E-state index in [-0.39, 0.29) is 17.4 Å². The van der Waals surface area contributed by atoms with Crippen molar-refractivity contribution in [1.82, 2.24) is 4.90 Å². The number of methoxy groups -OCH3 is 1. The van der Waals surface area contributed by atoms with E-state index >= 15 is 0 Å². The van der Waals surface area contributed by atoms with Gasteiger partial charge in [-0.25, -0.2) is 0 Å². The molecule has 0 unspecified atom stereocenters. The number of rotatable bonds is 2. The van der Waals surface area contributed by atoms with E-state index in [1.807, 2.05) is 0 Å². The summed E-state index contributed by atoms with van der Waals surface area (Å²) < 4.78 is 4.92. The first kappa shape index (κ1) is 12.4. The van der Waals surface area contributed by atoms with Crippen LogP contribution in [0.25, 0.3) is 0 Å². The van der Waals surface area contributed by atoms with Crippen molar-refractivity contribution < 1.29 is 19.4 Å². The topological polar surface area (TPSA) is 66.8 Å². The largest absolute Gasteiger partial charge is 0.504 e. The second kappa shape index (κ2) is 5.08. The van der Waals surface area contributed by atoms with E-state index in [1.165, 1.54) is 13.2 Å². The van der Waals surface area contributed by atoms with Crippen molar-refractivity contribution in [3.8, 4) is 11.5 Å². The highest BCUT2D eigenvalue weighted by Gasteiger charge is 2.22. The van der Waals surface area contributed by atoms with Crippen LogP contribution in [0.1, 0.15) is 23.2 Å². The van der Waals surface area contributed by atoms with E-state index < -0.39 is 0 Å². The van der Waals surface area contributed by atoms with Crippen molar-refractivity contribution in [2.45, 2.75) is 12.8 Å².